The zero-order valence-electron chi connectivity index (χ0n) is 15.5. The maximum Gasteiger partial charge on any atom is 0.231 e. The summed E-state index contributed by atoms with van der Waals surface area (Å²) in [5.74, 6) is -1.17. The standard InChI is InChI=1S/C21H18F2N4O/c1-12-8-21(2,27-12)11-28-20-13(9-24)5-14(10-26-20)16-3-4-25-18-7-15(22)6-17(23)19(16)18/h3-7,10,12,27H,8,11H2,1-2H3/t12?,21-/m0/s1. The van der Waals surface area contributed by atoms with Crippen molar-refractivity contribution in [1.82, 2.24) is 15.3 Å². The minimum atomic E-state index is -0.713. The predicted octanol–water partition coefficient (Wildman–Crippen LogP) is 3.97. The number of nitriles is 1. The zero-order valence-corrected chi connectivity index (χ0v) is 15.5. The van der Waals surface area contributed by atoms with Crippen LogP contribution in [0.2, 0.25) is 0 Å². The number of hydrogen-bond acceptors (Lipinski definition) is 5. The van der Waals surface area contributed by atoms with Gasteiger partial charge in [-0.15, -0.1) is 0 Å². The summed E-state index contributed by atoms with van der Waals surface area (Å²) in [7, 11) is 0. The van der Waals surface area contributed by atoms with Crippen molar-refractivity contribution >= 4 is 10.9 Å². The molecular weight excluding hydrogens is 362 g/mol. The second kappa shape index (κ2) is 6.80. The van der Waals surface area contributed by atoms with Crippen LogP contribution in [0.15, 0.2) is 36.7 Å². The van der Waals surface area contributed by atoms with E-state index in [0.717, 1.165) is 12.5 Å². The molecule has 2 aromatic heterocycles. The lowest BCUT2D eigenvalue weighted by Gasteiger charge is -2.44. The van der Waals surface area contributed by atoms with Gasteiger partial charge in [-0.2, -0.15) is 5.26 Å². The molecule has 1 aliphatic rings. The number of aromatic nitrogens is 2. The summed E-state index contributed by atoms with van der Waals surface area (Å²) in [6.45, 7) is 4.54. The first-order chi connectivity index (χ1) is 13.4. The lowest BCUT2D eigenvalue weighted by atomic mass is 9.85. The van der Waals surface area contributed by atoms with Crippen molar-refractivity contribution in [3.8, 4) is 23.1 Å². The number of nitrogens with one attached hydrogen (secondary N) is 1. The van der Waals surface area contributed by atoms with Crippen molar-refractivity contribution in [2.24, 2.45) is 0 Å². The van der Waals surface area contributed by atoms with Crippen LogP contribution in [0.3, 0.4) is 0 Å². The van der Waals surface area contributed by atoms with Crippen LogP contribution < -0.4 is 10.1 Å². The lowest BCUT2D eigenvalue weighted by Crippen LogP contribution is -2.63. The Morgan fingerprint density at radius 3 is 2.82 bits per heavy atom. The molecule has 0 amide bonds. The smallest absolute Gasteiger partial charge is 0.231 e. The zero-order chi connectivity index (χ0) is 19.9. The Bertz CT molecular complexity index is 1100. The highest BCUT2D eigenvalue weighted by atomic mass is 19.1. The quantitative estimate of drug-likeness (QED) is 0.742. The van der Waals surface area contributed by atoms with E-state index in [0.29, 0.717) is 23.8 Å². The van der Waals surface area contributed by atoms with Crippen molar-refractivity contribution in [2.75, 3.05) is 6.61 Å². The van der Waals surface area contributed by atoms with Crippen molar-refractivity contribution in [1.29, 1.82) is 5.26 Å². The molecule has 1 unspecified atom stereocenters. The van der Waals surface area contributed by atoms with Gasteiger partial charge < -0.3 is 10.1 Å². The maximum absolute atomic E-state index is 14.4. The number of pyridine rings is 2. The van der Waals surface area contributed by atoms with Gasteiger partial charge in [0.25, 0.3) is 0 Å². The first-order valence-corrected chi connectivity index (χ1v) is 8.93. The van der Waals surface area contributed by atoms with Crippen LogP contribution in [0.5, 0.6) is 5.88 Å². The molecule has 0 saturated carbocycles. The van der Waals surface area contributed by atoms with Gasteiger partial charge in [-0.25, -0.2) is 13.8 Å². The third kappa shape index (κ3) is 3.27. The summed E-state index contributed by atoms with van der Waals surface area (Å²) in [5.41, 5.74) is 1.33. The Hall–Kier alpha value is -3.11. The van der Waals surface area contributed by atoms with Gasteiger partial charge in [0.1, 0.15) is 29.9 Å². The topological polar surface area (TPSA) is 70.8 Å². The molecule has 1 saturated heterocycles. The van der Waals surface area contributed by atoms with E-state index in [-0.39, 0.29) is 27.9 Å². The van der Waals surface area contributed by atoms with Gasteiger partial charge in [0.15, 0.2) is 0 Å². The molecule has 1 aromatic carbocycles. The molecule has 1 fully saturated rings. The maximum atomic E-state index is 14.4. The van der Waals surface area contributed by atoms with Gasteiger partial charge in [0.2, 0.25) is 5.88 Å². The first kappa shape index (κ1) is 18.3. The van der Waals surface area contributed by atoms with E-state index in [9.17, 15) is 14.0 Å². The van der Waals surface area contributed by atoms with Crippen molar-refractivity contribution < 1.29 is 13.5 Å². The molecule has 142 valence electrons. The van der Waals surface area contributed by atoms with Crippen molar-refractivity contribution in [3.63, 3.8) is 0 Å². The van der Waals surface area contributed by atoms with Crippen LogP contribution in [0.25, 0.3) is 22.0 Å². The molecule has 7 heteroatoms. The highest BCUT2D eigenvalue weighted by Gasteiger charge is 2.37. The second-order valence-corrected chi connectivity index (χ2v) is 7.43. The number of benzene rings is 1. The fourth-order valence-electron chi connectivity index (χ4n) is 3.82. The largest absolute Gasteiger partial charge is 0.475 e. The van der Waals surface area contributed by atoms with Gasteiger partial charge >= 0.3 is 0 Å². The molecule has 1 N–H and O–H groups in total. The molecule has 5 nitrogen and oxygen atoms in total. The van der Waals surface area contributed by atoms with Crippen LogP contribution in [-0.4, -0.2) is 28.2 Å². The van der Waals surface area contributed by atoms with Crippen LogP contribution in [0, 0.1) is 23.0 Å². The van der Waals surface area contributed by atoms with E-state index < -0.39 is 11.6 Å². The Morgan fingerprint density at radius 2 is 2.11 bits per heavy atom. The Balaban J connectivity index is 1.69. The Kier molecular flexibility index (Phi) is 4.44. The van der Waals surface area contributed by atoms with Crippen molar-refractivity contribution in [3.05, 3.63) is 53.9 Å². The number of rotatable bonds is 4. The minimum absolute atomic E-state index is 0.138. The van der Waals surface area contributed by atoms with E-state index in [4.69, 9.17) is 4.74 Å². The third-order valence-electron chi connectivity index (χ3n) is 4.92. The molecule has 3 aromatic rings. The fourth-order valence-corrected chi connectivity index (χ4v) is 3.82. The van der Waals surface area contributed by atoms with E-state index >= 15 is 0 Å². The van der Waals surface area contributed by atoms with Gasteiger partial charge in [-0.3, -0.25) is 4.98 Å². The molecule has 1 aliphatic heterocycles. The first-order valence-electron chi connectivity index (χ1n) is 8.93. The van der Waals surface area contributed by atoms with Crippen LogP contribution >= 0.6 is 0 Å². The van der Waals surface area contributed by atoms with Crippen molar-refractivity contribution in [2.45, 2.75) is 31.8 Å². The average Bonchev–Trinajstić information content (AvgIpc) is 2.64. The number of fused-ring (bicyclic) bond motifs is 1. The highest BCUT2D eigenvalue weighted by molar-refractivity contribution is 5.94. The number of nitrogens with zero attached hydrogens (tertiary/aromatic N) is 3. The van der Waals surface area contributed by atoms with Gasteiger partial charge in [0.05, 0.1) is 11.1 Å². The van der Waals surface area contributed by atoms with E-state index in [2.05, 4.69) is 35.2 Å². The average molecular weight is 380 g/mol. The summed E-state index contributed by atoms with van der Waals surface area (Å²) in [6.07, 6.45) is 3.97. The molecule has 28 heavy (non-hydrogen) atoms. The molecule has 3 heterocycles. The summed E-state index contributed by atoms with van der Waals surface area (Å²) >= 11 is 0. The number of ether oxygens (including phenoxy) is 1. The second-order valence-electron chi connectivity index (χ2n) is 7.43. The van der Waals surface area contributed by atoms with Crippen LogP contribution in [0.1, 0.15) is 25.8 Å². The minimum Gasteiger partial charge on any atom is -0.475 e. The molecular formula is C21H18F2N4O. The number of hydrogen-bond donors (Lipinski definition) is 1. The predicted molar refractivity (Wildman–Crippen MR) is 101 cm³/mol. The molecule has 2 atom stereocenters. The summed E-state index contributed by atoms with van der Waals surface area (Å²) in [6, 6.07) is 7.72. The summed E-state index contributed by atoms with van der Waals surface area (Å²) < 4.78 is 33.6. The highest BCUT2D eigenvalue weighted by Crippen LogP contribution is 2.32. The van der Waals surface area contributed by atoms with E-state index in [1.54, 1.807) is 12.1 Å². The monoisotopic (exact) mass is 380 g/mol. The molecule has 0 spiro atoms. The van der Waals surface area contributed by atoms with Gasteiger partial charge in [-0.1, -0.05) is 0 Å². The van der Waals surface area contributed by atoms with Crippen LogP contribution in [-0.2, 0) is 0 Å². The van der Waals surface area contributed by atoms with Gasteiger partial charge in [0, 0.05) is 41.5 Å². The summed E-state index contributed by atoms with van der Waals surface area (Å²) in [5, 5.41) is 13.1. The lowest BCUT2D eigenvalue weighted by molar-refractivity contribution is 0.0925. The normalized spacial score (nSPS) is 21.2. The molecule has 0 bridgehead atoms. The Morgan fingerprint density at radius 1 is 1.32 bits per heavy atom. The Labute approximate surface area is 161 Å². The molecule has 0 aliphatic carbocycles. The van der Waals surface area contributed by atoms with E-state index in [1.807, 2.05) is 0 Å². The van der Waals surface area contributed by atoms with Crippen LogP contribution in [0.4, 0.5) is 8.78 Å². The molecule has 0 radical (unpaired) electrons. The SMILES string of the molecule is CC1C[C@@](C)(COc2ncc(-c3ccnc4cc(F)cc(F)c34)cc2C#N)N1. The fraction of sp³-hybridized carbons (Fsp3) is 0.286. The van der Waals surface area contributed by atoms with E-state index in [1.165, 1.54) is 18.5 Å². The third-order valence-corrected chi connectivity index (χ3v) is 4.92. The molecule has 4 rings (SSSR count). The summed E-state index contributed by atoms with van der Waals surface area (Å²) in [4.78, 5) is 8.30. The number of halogens is 2. The van der Waals surface area contributed by atoms with Gasteiger partial charge in [-0.05, 0) is 38.0 Å².